The smallest absolute Gasteiger partial charge is 0.143 e. The van der Waals surface area contributed by atoms with Gasteiger partial charge in [-0.05, 0) is 35.4 Å². The Bertz CT molecular complexity index is 645. The second kappa shape index (κ2) is 6.95. The monoisotopic (exact) mass is 308 g/mol. The molecule has 2 aromatic rings. The lowest BCUT2D eigenvalue weighted by Gasteiger charge is -2.08. The predicted molar refractivity (Wildman–Crippen MR) is 79.3 cm³/mol. The first-order valence-corrected chi connectivity index (χ1v) is 6.58. The number of nitrogens with zero attached hydrogens (tertiary/aromatic N) is 1. The van der Waals surface area contributed by atoms with E-state index >= 15 is 0 Å². The van der Waals surface area contributed by atoms with Gasteiger partial charge < -0.3 is 15.7 Å². The second-order valence-corrected chi connectivity index (χ2v) is 4.86. The molecule has 0 saturated heterocycles. The van der Waals surface area contributed by atoms with E-state index in [9.17, 15) is 4.39 Å². The van der Waals surface area contributed by atoms with Crippen molar-refractivity contribution in [2.24, 2.45) is 10.9 Å². The molecule has 0 aromatic heterocycles. The van der Waals surface area contributed by atoms with E-state index in [0.717, 1.165) is 11.1 Å². The minimum absolute atomic E-state index is 0.0743. The van der Waals surface area contributed by atoms with Gasteiger partial charge in [-0.1, -0.05) is 35.0 Å². The Kier molecular flexibility index (Phi) is 5.00. The molecule has 0 heterocycles. The van der Waals surface area contributed by atoms with E-state index in [1.165, 1.54) is 12.1 Å². The largest absolute Gasteiger partial charge is 0.489 e. The molecule has 2 aromatic carbocycles. The maximum atomic E-state index is 13.0. The van der Waals surface area contributed by atoms with Crippen molar-refractivity contribution in [1.82, 2.24) is 0 Å². The van der Waals surface area contributed by atoms with Crippen molar-refractivity contribution >= 4 is 17.4 Å². The van der Waals surface area contributed by atoms with Gasteiger partial charge in [0.1, 0.15) is 24.0 Å². The van der Waals surface area contributed by atoms with Gasteiger partial charge in [-0.25, -0.2) is 4.39 Å². The summed E-state index contributed by atoms with van der Waals surface area (Å²) in [4.78, 5) is 0. The fraction of sp³-hybridized carbons (Fsp3) is 0.133. The van der Waals surface area contributed by atoms with Crippen LogP contribution in [0.5, 0.6) is 5.75 Å². The highest BCUT2D eigenvalue weighted by molar-refractivity contribution is 6.30. The summed E-state index contributed by atoms with van der Waals surface area (Å²) in [7, 11) is 0. The number of halogens is 2. The lowest BCUT2D eigenvalue weighted by molar-refractivity contribution is 0.306. The average Bonchev–Trinajstić information content (AvgIpc) is 2.50. The number of hydrogen-bond donors (Lipinski definition) is 2. The van der Waals surface area contributed by atoms with Gasteiger partial charge in [0.15, 0.2) is 0 Å². The van der Waals surface area contributed by atoms with Gasteiger partial charge >= 0.3 is 0 Å². The van der Waals surface area contributed by atoms with Crippen molar-refractivity contribution < 1.29 is 14.3 Å². The molecule has 2 rings (SSSR count). The Morgan fingerprint density at radius 1 is 1.19 bits per heavy atom. The summed E-state index contributed by atoms with van der Waals surface area (Å²) >= 11 is 5.70. The Hall–Kier alpha value is -2.27. The molecule has 0 atom stereocenters. The zero-order valence-electron chi connectivity index (χ0n) is 11.1. The van der Waals surface area contributed by atoms with Gasteiger partial charge in [0.2, 0.25) is 0 Å². The van der Waals surface area contributed by atoms with Crippen molar-refractivity contribution in [3.05, 3.63) is 64.4 Å². The third-order valence-electron chi connectivity index (χ3n) is 2.83. The van der Waals surface area contributed by atoms with Gasteiger partial charge in [-0.15, -0.1) is 0 Å². The third kappa shape index (κ3) is 4.36. The van der Waals surface area contributed by atoms with Crippen molar-refractivity contribution in [1.29, 1.82) is 0 Å². The van der Waals surface area contributed by atoms with Crippen LogP contribution in [-0.4, -0.2) is 11.0 Å². The quantitative estimate of drug-likeness (QED) is 0.385. The van der Waals surface area contributed by atoms with Gasteiger partial charge in [-0.2, -0.15) is 0 Å². The number of nitrogens with two attached hydrogens (primary N) is 1. The first-order valence-electron chi connectivity index (χ1n) is 6.20. The molecule has 0 aliphatic rings. The topological polar surface area (TPSA) is 67.8 Å². The summed E-state index contributed by atoms with van der Waals surface area (Å²) in [6.07, 6.45) is 0.365. The van der Waals surface area contributed by atoms with E-state index in [1.807, 2.05) is 12.1 Å². The average molecular weight is 309 g/mol. The van der Waals surface area contributed by atoms with E-state index in [0.29, 0.717) is 18.8 Å². The molecular weight excluding hydrogens is 295 g/mol. The summed E-state index contributed by atoms with van der Waals surface area (Å²) < 4.78 is 18.6. The van der Waals surface area contributed by atoms with Gasteiger partial charge in [0.05, 0.1) is 5.02 Å². The van der Waals surface area contributed by atoms with Crippen molar-refractivity contribution in [3.63, 3.8) is 0 Å². The van der Waals surface area contributed by atoms with Crippen molar-refractivity contribution in [2.45, 2.75) is 13.0 Å². The number of rotatable bonds is 5. The number of hydrogen-bond acceptors (Lipinski definition) is 3. The van der Waals surface area contributed by atoms with Crippen molar-refractivity contribution in [2.75, 3.05) is 0 Å². The SMILES string of the molecule is N/C(Cc1ccc(OCc2ccc(F)c(Cl)c2)cc1)=N/O. The van der Waals surface area contributed by atoms with Crippen LogP contribution in [0.3, 0.4) is 0 Å². The maximum absolute atomic E-state index is 13.0. The fourth-order valence-corrected chi connectivity index (χ4v) is 1.95. The van der Waals surface area contributed by atoms with E-state index in [-0.39, 0.29) is 10.9 Å². The number of ether oxygens (including phenoxy) is 1. The highest BCUT2D eigenvalue weighted by Crippen LogP contribution is 2.18. The van der Waals surface area contributed by atoms with Crippen LogP contribution >= 0.6 is 11.6 Å². The third-order valence-corrected chi connectivity index (χ3v) is 3.12. The molecular formula is C15H14ClFN2O2. The first-order chi connectivity index (χ1) is 10.1. The highest BCUT2D eigenvalue weighted by Gasteiger charge is 2.03. The standard InChI is InChI=1S/C15H14ClFN2O2/c16-13-7-11(3-6-14(13)17)9-21-12-4-1-10(2-5-12)8-15(18)19-20/h1-7,20H,8-9H2,(H2,18,19). The summed E-state index contributed by atoms with van der Waals surface area (Å²) in [5, 5.41) is 11.5. The van der Waals surface area contributed by atoms with Crippen molar-refractivity contribution in [3.8, 4) is 5.75 Å². The van der Waals surface area contributed by atoms with E-state index in [2.05, 4.69) is 5.16 Å². The fourth-order valence-electron chi connectivity index (χ4n) is 1.74. The van der Waals surface area contributed by atoms with Crippen LogP contribution in [0.25, 0.3) is 0 Å². The van der Waals surface area contributed by atoms with Gasteiger partial charge in [-0.3, -0.25) is 0 Å². The van der Waals surface area contributed by atoms with Crippen LogP contribution in [0.15, 0.2) is 47.6 Å². The Morgan fingerprint density at radius 3 is 2.48 bits per heavy atom. The highest BCUT2D eigenvalue weighted by atomic mass is 35.5. The summed E-state index contributed by atoms with van der Waals surface area (Å²) in [5.41, 5.74) is 7.11. The zero-order valence-corrected chi connectivity index (χ0v) is 11.8. The lowest BCUT2D eigenvalue weighted by atomic mass is 10.1. The molecule has 0 spiro atoms. The Balaban J connectivity index is 1.95. The molecule has 0 bridgehead atoms. The molecule has 0 radical (unpaired) electrons. The molecule has 4 nitrogen and oxygen atoms in total. The molecule has 0 aliphatic carbocycles. The number of benzene rings is 2. The van der Waals surface area contributed by atoms with Crippen LogP contribution in [-0.2, 0) is 13.0 Å². The van der Waals surface area contributed by atoms with Gasteiger partial charge in [0, 0.05) is 6.42 Å². The zero-order chi connectivity index (χ0) is 15.2. The molecule has 0 unspecified atom stereocenters. The Labute approximate surface area is 126 Å². The normalized spacial score (nSPS) is 11.4. The molecule has 3 N–H and O–H groups in total. The Morgan fingerprint density at radius 2 is 1.86 bits per heavy atom. The molecule has 110 valence electrons. The lowest BCUT2D eigenvalue weighted by Crippen LogP contribution is -2.14. The van der Waals surface area contributed by atoms with Gasteiger partial charge in [0.25, 0.3) is 0 Å². The maximum Gasteiger partial charge on any atom is 0.143 e. The molecule has 0 fully saturated rings. The molecule has 0 saturated carbocycles. The second-order valence-electron chi connectivity index (χ2n) is 4.45. The van der Waals surface area contributed by atoms with Crippen LogP contribution < -0.4 is 10.5 Å². The van der Waals surface area contributed by atoms with Crippen LogP contribution in [0, 0.1) is 5.82 Å². The number of oxime groups is 1. The van der Waals surface area contributed by atoms with E-state index in [4.69, 9.17) is 27.3 Å². The molecule has 0 amide bonds. The predicted octanol–water partition coefficient (Wildman–Crippen LogP) is 3.35. The summed E-state index contributed by atoms with van der Waals surface area (Å²) in [6.45, 7) is 0.291. The summed E-state index contributed by atoms with van der Waals surface area (Å²) in [5.74, 6) is 0.358. The van der Waals surface area contributed by atoms with Crippen LogP contribution in [0.2, 0.25) is 5.02 Å². The van der Waals surface area contributed by atoms with E-state index in [1.54, 1.807) is 18.2 Å². The molecule has 6 heteroatoms. The number of amidine groups is 1. The first kappa shape index (κ1) is 15.1. The van der Waals surface area contributed by atoms with Crippen LogP contribution in [0.1, 0.15) is 11.1 Å². The minimum Gasteiger partial charge on any atom is -0.489 e. The van der Waals surface area contributed by atoms with Crippen LogP contribution in [0.4, 0.5) is 4.39 Å². The van der Waals surface area contributed by atoms with E-state index < -0.39 is 5.82 Å². The molecule has 21 heavy (non-hydrogen) atoms. The minimum atomic E-state index is -0.451. The molecule has 0 aliphatic heterocycles. The summed E-state index contributed by atoms with van der Waals surface area (Å²) in [6, 6.07) is 11.7.